The maximum absolute atomic E-state index is 12.0. The fraction of sp³-hybridized carbons (Fsp3) is 0.429. The van der Waals surface area contributed by atoms with E-state index in [1.54, 1.807) is 26.0 Å². The van der Waals surface area contributed by atoms with Gasteiger partial charge in [0.15, 0.2) is 0 Å². The minimum absolute atomic E-state index is 0.101. The number of rotatable bonds is 5. The SMILES string of the molecule is COC(=O)C(C)(C)COC(=O)c1cc(N)ccc1OC. The first kappa shape index (κ1) is 15.8. The van der Waals surface area contributed by atoms with Crippen LogP contribution in [0.25, 0.3) is 0 Å². The Morgan fingerprint density at radius 2 is 1.90 bits per heavy atom. The molecule has 0 aliphatic heterocycles. The van der Waals surface area contributed by atoms with Crippen molar-refractivity contribution in [2.45, 2.75) is 13.8 Å². The number of methoxy groups -OCH3 is 2. The third kappa shape index (κ3) is 3.63. The Morgan fingerprint density at radius 1 is 1.25 bits per heavy atom. The molecule has 6 heteroatoms. The number of benzene rings is 1. The van der Waals surface area contributed by atoms with Crippen LogP contribution in [0.15, 0.2) is 18.2 Å². The monoisotopic (exact) mass is 281 g/mol. The van der Waals surface area contributed by atoms with Gasteiger partial charge in [0, 0.05) is 5.69 Å². The van der Waals surface area contributed by atoms with E-state index in [1.807, 2.05) is 0 Å². The number of hydrogen-bond acceptors (Lipinski definition) is 6. The van der Waals surface area contributed by atoms with E-state index in [1.165, 1.54) is 20.3 Å². The molecule has 1 aromatic rings. The lowest BCUT2D eigenvalue weighted by molar-refractivity contribution is -0.152. The molecule has 1 rings (SSSR count). The van der Waals surface area contributed by atoms with Crippen molar-refractivity contribution < 1.29 is 23.8 Å². The first-order valence-electron chi connectivity index (χ1n) is 6.01. The summed E-state index contributed by atoms with van der Waals surface area (Å²) in [6.07, 6.45) is 0. The molecule has 1 aromatic carbocycles. The maximum Gasteiger partial charge on any atom is 0.342 e. The summed E-state index contributed by atoms with van der Waals surface area (Å²) in [5.41, 5.74) is 5.35. The van der Waals surface area contributed by atoms with Crippen LogP contribution < -0.4 is 10.5 Å². The number of esters is 2. The van der Waals surface area contributed by atoms with Crippen molar-refractivity contribution in [2.24, 2.45) is 5.41 Å². The molecule has 2 N–H and O–H groups in total. The van der Waals surface area contributed by atoms with Crippen LogP contribution in [-0.4, -0.2) is 32.8 Å². The van der Waals surface area contributed by atoms with Gasteiger partial charge in [0.05, 0.1) is 19.6 Å². The lowest BCUT2D eigenvalue weighted by atomic mass is 9.95. The van der Waals surface area contributed by atoms with Gasteiger partial charge in [-0.05, 0) is 32.0 Å². The first-order chi connectivity index (χ1) is 9.31. The van der Waals surface area contributed by atoms with Crippen molar-refractivity contribution in [3.8, 4) is 5.75 Å². The Hall–Kier alpha value is -2.24. The molecule has 0 aromatic heterocycles. The van der Waals surface area contributed by atoms with Crippen molar-refractivity contribution in [1.29, 1.82) is 0 Å². The van der Waals surface area contributed by atoms with E-state index in [2.05, 4.69) is 4.74 Å². The Kier molecular flexibility index (Phi) is 4.96. The fourth-order valence-electron chi connectivity index (χ4n) is 1.54. The normalized spacial score (nSPS) is 10.8. The van der Waals surface area contributed by atoms with Crippen LogP contribution in [0.3, 0.4) is 0 Å². The highest BCUT2D eigenvalue weighted by Gasteiger charge is 2.31. The van der Waals surface area contributed by atoms with E-state index in [9.17, 15) is 9.59 Å². The van der Waals surface area contributed by atoms with E-state index in [0.29, 0.717) is 11.4 Å². The number of hydrogen-bond donors (Lipinski definition) is 1. The van der Waals surface area contributed by atoms with Crippen LogP contribution in [0.5, 0.6) is 5.75 Å². The van der Waals surface area contributed by atoms with Gasteiger partial charge in [-0.25, -0.2) is 4.79 Å². The molecular weight excluding hydrogens is 262 g/mol. The summed E-state index contributed by atoms with van der Waals surface area (Å²) in [4.78, 5) is 23.5. The van der Waals surface area contributed by atoms with Gasteiger partial charge < -0.3 is 19.9 Å². The molecule has 6 nitrogen and oxygen atoms in total. The molecule has 20 heavy (non-hydrogen) atoms. The van der Waals surface area contributed by atoms with Gasteiger partial charge in [0.1, 0.15) is 17.9 Å². The molecular formula is C14H19NO5. The third-order valence-corrected chi connectivity index (χ3v) is 2.75. The molecule has 0 heterocycles. The molecule has 0 saturated carbocycles. The van der Waals surface area contributed by atoms with Gasteiger partial charge in [-0.1, -0.05) is 0 Å². The molecule has 0 bridgehead atoms. The second-order valence-electron chi connectivity index (χ2n) is 4.91. The Balaban J connectivity index is 2.82. The van der Waals surface area contributed by atoms with Crippen molar-refractivity contribution in [3.63, 3.8) is 0 Å². The second-order valence-corrected chi connectivity index (χ2v) is 4.91. The average Bonchev–Trinajstić information content (AvgIpc) is 2.43. The standard InChI is InChI=1S/C14H19NO5/c1-14(2,13(17)19-4)8-20-12(16)10-7-9(15)5-6-11(10)18-3/h5-7H,8,15H2,1-4H3. The highest BCUT2D eigenvalue weighted by Crippen LogP contribution is 2.24. The van der Waals surface area contributed by atoms with E-state index in [4.69, 9.17) is 15.2 Å². The third-order valence-electron chi connectivity index (χ3n) is 2.75. The van der Waals surface area contributed by atoms with Gasteiger partial charge in [-0.3, -0.25) is 4.79 Å². The van der Waals surface area contributed by atoms with E-state index >= 15 is 0 Å². The Morgan fingerprint density at radius 3 is 2.45 bits per heavy atom. The topological polar surface area (TPSA) is 87.9 Å². The van der Waals surface area contributed by atoms with Crippen LogP contribution >= 0.6 is 0 Å². The van der Waals surface area contributed by atoms with Crippen molar-refractivity contribution in [2.75, 3.05) is 26.6 Å². The second kappa shape index (κ2) is 6.27. The summed E-state index contributed by atoms with van der Waals surface area (Å²) in [6.45, 7) is 3.15. The maximum atomic E-state index is 12.0. The summed E-state index contributed by atoms with van der Waals surface area (Å²) in [5, 5.41) is 0. The summed E-state index contributed by atoms with van der Waals surface area (Å²) in [7, 11) is 2.73. The summed E-state index contributed by atoms with van der Waals surface area (Å²) in [5.74, 6) is -0.698. The molecule has 0 saturated heterocycles. The number of carbonyl (C=O) groups is 2. The van der Waals surface area contributed by atoms with Crippen LogP contribution in [-0.2, 0) is 14.3 Å². The molecule has 0 aliphatic carbocycles. The summed E-state index contributed by atoms with van der Waals surface area (Å²) >= 11 is 0. The summed E-state index contributed by atoms with van der Waals surface area (Å²) in [6, 6.07) is 4.66. The zero-order valence-corrected chi connectivity index (χ0v) is 12.1. The van der Waals surface area contributed by atoms with Crippen LogP contribution in [0.1, 0.15) is 24.2 Å². The first-order valence-corrected chi connectivity index (χ1v) is 6.01. The van der Waals surface area contributed by atoms with E-state index in [0.717, 1.165) is 0 Å². The van der Waals surface area contributed by atoms with Gasteiger partial charge >= 0.3 is 11.9 Å². The van der Waals surface area contributed by atoms with Gasteiger partial charge in [-0.2, -0.15) is 0 Å². The predicted octanol–water partition coefficient (Wildman–Crippen LogP) is 1.63. The highest BCUT2D eigenvalue weighted by molar-refractivity contribution is 5.93. The average molecular weight is 281 g/mol. The van der Waals surface area contributed by atoms with Crippen LogP contribution in [0.2, 0.25) is 0 Å². The van der Waals surface area contributed by atoms with Gasteiger partial charge in [-0.15, -0.1) is 0 Å². The Bertz CT molecular complexity index is 510. The zero-order valence-electron chi connectivity index (χ0n) is 12.1. The van der Waals surface area contributed by atoms with Gasteiger partial charge in [0.2, 0.25) is 0 Å². The molecule has 0 atom stereocenters. The summed E-state index contributed by atoms with van der Waals surface area (Å²) < 4.78 is 14.9. The molecule has 0 fully saturated rings. The molecule has 0 spiro atoms. The van der Waals surface area contributed by atoms with E-state index in [-0.39, 0.29) is 12.2 Å². The quantitative estimate of drug-likeness (QED) is 0.652. The smallest absolute Gasteiger partial charge is 0.342 e. The number of carbonyl (C=O) groups excluding carboxylic acids is 2. The van der Waals surface area contributed by atoms with Crippen molar-refractivity contribution >= 4 is 17.6 Å². The molecule has 0 aliphatic rings. The fourth-order valence-corrected chi connectivity index (χ4v) is 1.54. The number of anilines is 1. The molecule has 0 radical (unpaired) electrons. The number of ether oxygens (including phenoxy) is 3. The zero-order chi connectivity index (χ0) is 15.3. The van der Waals surface area contributed by atoms with E-state index < -0.39 is 17.4 Å². The molecule has 110 valence electrons. The number of nitrogens with two attached hydrogens (primary N) is 1. The Labute approximate surface area is 117 Å². The lowest BCUT2D eigenvalue weighted by Crippen LogP contribution is -2.32. The molecule has 0 amide bonds. The minimum atomic E-state index is -0.919. The van der Waals surface area contributed by atoms with Crippen molar-refractivity contribution in [1.82, 2.24) is 0 Å². The number of nitrogen functional groups attached to an aromatic ring is 1. The van der Waals surface area contributed by atoms with Crippen LogP contribution in [0.4, 0.5) is 5.69 Å². The minimum Gasteiger partial charge on any atom is -0.496 e. The predicted molar refractivity (Wildman–Crippen MR) is 73.5 cm³/mol. The van der Waals surface area contributed by atoms with Crippen LogP contribution in [0, 0.1) is 5.41 Å². The molecule has 0 unspecified atom stereocenters. The highest BCUT2D eigenvalue weighted by atomic mass is 16.5. The van der Waals surface area contributed by atoms with Crippen molar-refractivity contribution in [3.05, 3.63) is 23.8 Å². The van der Waals surface area contributed by atoms with Gasteiger partial charge in [0.25, 0.3) is 0 Å². The largest absolute Gasteiger partial charge is 0.496 e. The lowest BCUT2D eigenvalue weighted by Gasteiger charge is -2.21.